The van der Waals surface area contributed by atoms with Gasteiger partial charge in [-0.15, -0.1) is 0 Å². The highest BCUT2D eigenvalue weighted by Gasteiger charge is 2.21. The molecular formula is C19H21NO3. The summed E-state index contributed by atoms with van der Waals surface area (Å²) in [6.07, 6.45) is 9.07. The SMILES string of the molecule is CC(=O)OC/C=C/[C@H]1CC[C@H](c2ccc(C=O)c(C#N)c2)CC1. The molecule has 1 saturated carbocycles. The average molecular weight is 311 g/mol. The first-order valence-electron chi connectivity index (χ1n) is 7.93. The molecule has 1 fully saturated rings. The number of carbonyl (C=O) groups excluding carboxylic acids is 2. The zero-order valence-electron chi connectivity index (χ0n) is 13.3. The van der Waals surface area contributed by atoms with Gasteiger partial charge in [0.05, 0.1) is 11.6 Å². The molecule has 23 heavy (non-hydrogen) atoms. The van der Waals surface area contributed by atoms with E-state index in [1.54, 1.807) is 6.07 Å². The number of nitriles is 1. The lowest BCUT2D eigenvalue weighted by Crippen LogP contribution is -2.12. The molecule has 4 heteroatoms. The summed E-state index contributed by atoms with van der Waals surface area (Å²) in [6.45, 7) is 1.75. The highest BCUT2D eigenvalue weighted by Crippen LogP contribution is 2.36. The van der Waals surface area contributed by atoms with Crippen molar-refractivity contribution in [1.29, 1.82) is 5.26 Å². The second-order valence-electron chi connectivity index (χ2n) is 5.92. The molecule has 0 aromatic heterocycles. The van der Waals surface area contributed by atoms with E-state index in [-0.39, 0.29) is 5.97 Å². The Morgan fingerprint density at radius 3 is 2.70 bits per heavy atom. The molecule has 0 aliphatic heterocycles. The van der Waals surface area contributed by atoms with Gasteiger partial charge in [0.2, 0.25) is 0 Å². The van der Waals surface area contributed by atoms with E-state index in [0.29, 0.717) is 29.6 Å². The van der Waals surface area contributed by atoms with E-state index in [1.807, 2.05) is 18.2 Å². The van der Waals surface area contributed by atoms with Crippen LogP contribution in [0, 0.1) is 17.2 Å². The number of benzene rings is 1. The molecule has 0 heterocycles. The summed E-state index contributed by atoms with van der Waals surface area (Å²) in [4.78, 5) is 21.6. The Labute approximate surface area is 136 Å². The van der Waals surface area contributed by atoms with Crippen LogP contribution in [0.3, 0.4) is 0 Å². The molecule has 4 nitrogen and oxygen atoms in total. The van der Waals surface area contributed by atoms with E-state index in [1.165, 1.54) is 6.92 Å². The van der Waals surface area contributed by atoms with Crippen LogP contribution in [-0.2, 0) is 9.53 Å². The van der Waals surface area contributed by atoms with Crippen LogP contribution in [0.15, 0.2) is 30.4 Å². The van der Waals surface area contributed by atoms with Gasteiger partial charge in [-0.2, -0.15) is 5.26 Å². The third-order valence-corrected chi connectivity index (χ3v) is 4.36. The summed E-state index contributed by atoms with van der Waals surface area (Å²) in [7, 11) is 0. The Morgan fingerprint density at radius 2 is 2.09 bits per heavy atom. The number of nitrogens with zero attached hydrogens (tertiary/aromatic N) is 1. The van der Waals surface area contributed by atoms with Crippen molar-refractivity contribution >= 4 is 12.3 Å². The number of rotatable bonds is 5. The molecule has 1 aromatic rings. The van der Waals surface area contributed by atoms with Gasteiger partial charge in [-0.25, -0.2) is 0 Å². The van der Waals surface area contributed by atoms with Gasteiger partial charge in [0.15, 0.2) is 6.29 Å². The quantitative estimate of drug-likeness (QED) is 0.471. The van der Waals surface area contributed by atoms with Crippen LogP contribution < -0.4 is 0 Å². The van der Waals surface area contributed by atoms with E-state index in [9.17, 15) is 9.59 Å². The van der Waals surface area contributed by atoms with Crippen LogP contribution in [0.5, 0.6) is 0 Å². The summed E-state index contributed by atoms with van der Waals surface area (Å²) in [5.74, 6) is 0.706. The molecule has 0 N–H and O–H groups in total. The highest BCUT2D eigenvalue weighted by atomic mass is 16.5. The van der Waals surface area contributed by atoms with Crippen molar-refractivity contribution in [3.05, 3.63) is 47.0 Å². The molecule has 1 aromatic carbocycles. The lowest BCUT2D eigenvalue weighted by Gasteiger charge is -2.27. The topological polar surface area (TPSA) is 67.2 Å². The first-order valence-corrected chi connectivity index (χ1v) is 7.93. The molecule has 0 unspecified atom stereocenters. The largest absolute Gasteiger partial charge is 0.462 e. The van der Waals surface area contributed by atoms with Crippen LogP contribution in [-0.4, -0.2) is 18.9 Å². The smallest absolute Gasteiger partial charge is 0.302 e. The van der Waals surface area contributed by atoms with E-state index in [2.05, 4.69) is 12.1 Å². The Bertz CT molecular complexity index is 635. The van der Waals surface area contributed by atoms with E-state index in [4.69, 9.17) is 10.00 Å². The summed E-state index contributed by atoms with van der Waals surface area (Å²) < 4.78 is 4.89. The average Bonchev–Trinajstić information content (AvgIpc) is 2.58. The second kappa shape index (κ2) is 8.28. The fraction of sp³-hybridized carbons (Fsp3) is 0.421. The lowest BCUT2D eigenvalue weighted by molar-refractivity contribution is -0.139. The lowest BCUT2D eigenvalue weighted by atomic mass is 9.78. The fourth-order valence-corrected chi connectivity index (χ4v) is 3.09. The van der Waals surface area contributed by atoms with Gasteiger partial charge in [0.25, 0.3) is 0 Å². The van der Waals surface area contributed by atoms with Gasteiger partial charge in [-0.1, -0.05) is 24.3 Å². The first-order chi connectivity index (χ1) is 11.1. The maximum atomic E-state index is 10.9. The van der Waals surface area contributed by atoms with Crippen LogP contribution in [0.2, 0.25) is 0 Å². The minimum absolute atomic E-state index is 0.259. The standard InChI is InChI=1S/C19H21NO3/c1-14(22)23-10-2-3-15-4-6-16(7-5-15)17-8-9-18(13-21)19(11-17)12-20/h2-3,8-9,11,13,15-16H,4-7,10H2,1H3/b3-2+/t15-,16-. The van der Waals surface area contributed by atoms with E-state index < -0.39 is 0 Å². The van der Waals surface area contributed by atoms with Crippen molar-refractivity contribution in [3.63, 3.8) is 0 Å². The molecule has 0 bridgehead atoms. The normalized spacial score (nSPS) is 20.9. The van der Waals surface area contributed by atoms with Crippen LogP contribution in [0.4, 0.5) is 0 Å². The molecular weight excluding hydrogens is 290 g/mol. The first kappa shape index (κ1) is 17.0. The highest BCUT2D eigenvalue weighted by molar-refractivity contribution is 5.79. The zero-order chi connectivity index (χ0) is 16.7. The molecule has 1 aliphatic carbocycles. The van der Waals surface area contributed by atoms with Gasteiger partial charge in [0, 0.05) is 12.5 Å². The number of esters is 1. The van der Waals surface area contributed by atoms with Crippen molar-refractivity contribution in [3.8, 4) is 6.07 Å². The van der Waals surface area contributed by atoms with Crippen molar-refractivity contribution < 1.29 is 14.3 Å². The van der Waals surface area contributed by atoms with E-state index in [0.717, 1.165) is 37.5 Å². The second-order valence-corrected chi connectivity index (χ2v) is 5.92. The van der Waals surface area contributed by atoms with Gasteiger partial charge in [-0.3, -0.25) is 9.59 Å². The Kier molecular flexibility index (Phi) is 6.10. The summed E-state index contributed by atoms with van der Waals surface area (Å²) in [6, 6.07) is 7.65. The Hall–Kier alpha value is -2.41. The maximum Gasteiger partial charge on any atom is 0.302 e. The number of aldehydes is 1. The summed E-state index contributed by atoms with van der Waals surface area (Å²) in [5.41, 5.74) is 2.06. The van der Waals surface area contributed by atoms with Gasteiger partial charge < -0.3 is 4.74 Å². The summed E-state index contributed by atoms with van der Waals surface area (Å²) in [5, 5.41) is 9.12. The van der Waals surface area contributed by atoms with E-state index >= 15 is 0 Å². The molecule has 0 amide bonds. The predicted molar refractivity (Wildman–Crippen MR) is 87.0 cm³/mol. The molecule has 2 rings (SSSR count). The number of ether oxygens (including phenoxy) is 1. The predicted octanol–water partition coefficient (Wildman–Crippen LogP) is 3.76. The minimum Gasteiger partial charge on any atom is -0.462 e. The van der Waals surface area contributed by atoms with Crippen molar-refractivity contribution in [2.45, 2.75) is 38.5 Å². The molecule has 0 radical (unpaired) electrons. The Balaban J connectivity index is 1.90. The van der Waals surface area contributed by atoms with Crippen molar-refractivity contribution in [2.75, 3.05) is 6.61 Å². The number of hydrogen-bond acceptors (Lipinski definition) is 4. The number of carbonyl (C=O) groups is 2. The van der Waals surface area contributed by atoms with Crippen molar-refractivity contribution in [1.82, 2.24) is 0 Å². The monoisotopic (exact) mass is 311 g/mol. The Morgan fingerprint density at radius 1 is 1.35 bits per heavy atom. The van der Waals surface area contributed by atoms with Gasteiger partial charge in [0.1, 0.15) is 6.61 Å². The minimum atomic E-state index is -0.259. The molecule has 0 spiro atoms. The maximum absolute atomic E-state index is 10.9. The third-order valence-electron chi connectivity index (χ3n) is 4.36. The summed E-state index contributed by atoms with van der Waals surface area (Å²) >= 11 is 0. The molecule has 1 aliphatic rings. The van der Waals surface area contributed by atoms with Crippen LogP contribution >= 0.6 is 0 Å². The van der Waals surface area contributed by atoms with Crippen molar-refractivity contribution in [2.24, 2.45) is 5.92 Å². The molecule has 0 saturated heterocycles. The zero-order valence-corrected chi connectivity index (χ0v) is 13.3. The van der Waals surface area contributed by atoms with Gasteiger partial charge in [-0.05, 0) is 49.1 Å². The van der Waals surface area contributed by atoms with Gasteiger partial charge >= 0.3 is 5.97 Å². The van der Waals surface area contributed by atoms with Crippen LogP contribution in [0.25, 0.3) is 0 Å². The number of hydrogen-bond donors (Lipinski definition) is 0. The molecule has 120 valence electrons. The third kappa shape index (κ3) is 4.79. The molecule has 0 atom stereocenters. The number of allylic oxidation sites excluding steroid dienone is 1. The fourth-order valence-electron chi connectivity index (χ4n) is 3.09. The van der Waals surface area contributed by atoms with Crippen LogP contribution in [0.1, 0.15) is 60.0 Å².